The van der Waals surface area contributed by atoms with E-state index in [1.807, 2.05) is 0 Å². The van der Waals surface area contributed by atoms with Crippen molar-refractivity contribution in [3.8, 4) is 0 Å². The fourth-order valence-corrected chi connectivity index (χ4v) is 1.85. The number of hydrogen-bond donors (Lipinski definition) is 2. The molecule has 1 aliphatic carbocycles. The van der Waals surface area contributed by atoms with Gasteiger partial charge in [0.1, 0.15) is 0 Å². The van der Waals surface area contributed by atoms with E-state index in [1.54, 1.807) is 7.11 Å². The maximum atomic E-state index is 11.4. The molecule has 1 rings (SSSR count). The highest BCUT2D eigenvalue weighted by atomic mass is 16.5. The summed E-state index contributed by atoms with van der Waals surface area (Å²) in [5.41, 5.74) is -0.108. The van der Waals surface area contributed by atoms with Crippen LogP contribution in [0.25, 0.3) is 0 Å². The lowest BCUT2D eigenvalue weighted by Gasteiger charge is -2.27. The summed E-state index contributed by atoms with van der Waals surface area (Å²) < 4.78 is 5.38. The van der Waals surface area contributed by atoms with Gasteiger partial charge < -0.3 is 15.4 Å². The van der Waals surface area contributed by atoms with Gasteiger partial charge in [-0.2, -0.15) is 0 Å². The number of hydrogen-bond acceptors (Lipinski definition) is 3. The first-order valence-electron chi connectivity index (χ1n) is 6.51. The fraction of sp³-hybridized carbons (Fsp3) is 0.923. The highest BCUT2D eigenvalue weighted by Gasteiger charge is 2.23. The zero-order valence-electron chi connectivity index (χ0n) is 11.5. The molecule has 0 spiro atoms. The van der Waals surface area contributed by atoms with Crippen LogP contribution in [0.15, 0.2) is 0 Å². The number of ether oxygens (including phenoxy) is 1. The minimum absolute atomic E-state index is 0.108. The molecule has 0 heterocycles. The van der Waals surface area contributed by atoms with Crippen molar-refractivity contribution in [2.45, 2.75) is 64.1 Å². The molecule has 0 radical (unpaired) electrons. The summed E-state index contributed by atoms with van der Waals surface area (Å²) in [7, 11) is 1.73. The summed E-state index contributed by atoms with van der Waals surface area (Å²) in [5, 5.41) is 6.34. The van der Waals surface area contributed by atoms with E-state index in [2.05, 4.69) is 31.4 Å². The summed E-state index contributed by atoms with van der Waals surface area (Å²) in [5.74, 6) is 0.165. The van der Waals surface area contributed by atoms with Crippen molar-refractivity contribution in [1.29, 1.82) is 0 Å². The molecule has 0 aliphatic heterocycles. The number of rotatable bonds is 8. The van der Waals surface area contributed by atoms with Gasteiger partial charge in [-0.15, -0.1) is 0 Å². The van der Waals surface area contributed by atoms with Crippen LogP contribution in [0.1, 0.15) is 46.5 Å². The summed E-state index contributed by atoms with van der Waals surface area (Å²) >= 11 is 0. The van der Waals surface area contributed by atoms with Crippen molar-refractivity contribution in [2.75, 3.05) is 13.7 Å². The van der Waals surface area contributed by atoms with Crippen molar-refractivity contribution in [3.05, 3.63) is 0 Å². The SMILES string of the molecule is COC(C)(C)CC(C)NCCC(=O)NC1CC1. The molecule has 0 saturated heterocycles. The van der Waals surface area contributed by atoms with Crippen LogP contribution in [0.3, 0.4) is 0 Å². The van der Waals surface area contributed by atoms with Crippen LogP contribution in [0, 0.1) is 0 Å². The van der Waals surface area contributed by atoms with E-state index in [0.29, 0.717) is 18.5 Å². The van der Waals surface area contributed by atoms with Crippen LogP contribution in [-0.4, -0.2) is 37.2 Å². The minimum Gasteiger partial charge on any atom is -0.379 e. The van der Waals surface area contributed by atoms with Gasteiger partial charge in [-0.1, -0.05) is 0 Å². The van der Waals surface area contributed by atoms with Crippen molar-refractivity contribution in [3.63, 3.8) is 0 Å². The Labute approximate surface area is 104 Å². The Morgan fingerprint density at radius 1 is 1.47 bits per heavy atom. The Balaban J connectivity index is 2.06. The minimum atomic E-state index is -0.108. The number of carbonyl (C=O) groups excluding carboxylic acids is 1. The molecule has 4 heteroatoms. The summed E-state index contributed by atoms with van der Waals surface area (Å²) in [6.45, 7) is 7.01. The third-order valence-corrected chi connectivity index (χ3v) is 3.14. The average molecular weight is 242 g/mol. The topological polar surface area (TPSA) is 50.4 Å². The Bertz CT molecular complexity index is 250. The van der Waals surface area contributed by atoms with Gasteiger partial charge in [0.2, 0.25) is 5.91 Å². The normalized spacial score (nSPS) is 17.9. The first-order chi connectivity index (χ1) is 7.93. The van der Waals surface area contributed by atoms with E-state index in [1.165, 1.54) is 0 Å². The van der Waals surface area contributed by atoms with Gasteiger partial charge >= 0.3 is 0 Å². The van der Waals surface area contributed by atoms with E-state index in [0.717, 1.165) is 25.8 Å². The van der Waals surface area contributed by atoms with E-state index in [4.69, 9.17) is 4.74 Å². The number of nitrogens with one attached hydrogen (secondary N) is 2. The highest BCUT2D eigenvalue weighted by molar-refractivity contribution is 5.76. The van der Waals surface area contributed by atoms with E-state index < -0.39 is 0 Å². The van der Waals surface area contributed by atoms with Gasteiger partial charge in [-0.25, -0.2) is 0 Å². The predicted octanol–water partition coefficient (Wildman–Crippen LogP) is 1.45. The smallest absolute Gasteiger partial charge is 0.221 e. The molecular weight excluding hydrogens is 216 g/mol. The van der Waals surface area contributed by atoms with Crippen molar-refractivity contribution >= 4 is 5.91 Å². The average Bonchev–Trinajstić information content (AvgIpc) is 3.01. The second-order valence-electron chi connectivity index (χ2n) is 5.61. The summed E-state index contributed by atoms with van der Waals surface area (Å²) in [6.07, 6.45) is 3.80. The Hall–Kier alpha value is -0.610. The monoisotopic (exact) mass is 242 g/mol. The fourth-order valence-electron chi connectivity index (χ4n) is 1.85. The van der Waals surface area contributed by atoms with Crippen molar-refractivity contribution in [1.82, 2.24) is 10.6 Å². The molecule has 1 fully saturated rings. The molecule has 1 aliphatic rings. The maximum absolute atomic E-state index is 11.4. The molecule has 0 bridgehead atoms. The van der Waals surface area contributed by atoms with Crippen LogP contribution in [0.2, 0.25) is 0 Å². The maximum Gasteiger partial charge on any atom is 0.221 e. The zero-order chi connectivity index (χ0) is 12.9. The van der Waals surface area contributed by atoms with E-state index in [-0.39, 0.29) is 11.5 Å². The molecule has 1 unspecified atom stereocenters. The van der Waals surface area contributed by atoms with Gasteiger partial charge in [-0.05, 0) is 40.0 Å². The van der Waals surface area contributed by atoms with Crippen LogP contribution < -0.4 is 10.6 Å². The van der Waals surface area contributed by atoms with Crippen molar-refractivity contribution in [2.24, 2.45) is 0 Å². The predicted molar refractivity (Wildman–Crippen MR) is 69.0 cm³/mol. The molecule has 1 atom stereocenters. The van der Waals surface area contributed by atoms with Gasteiger partial charge in [-0.3, -0.25) is 4.79 Å². The van der Waals surface area contributed by atoms with Crippen LogP contribution in [0.5, 0.6) is 0 Å². The molecule has 1 saturated carbocycles. The quantitative estimate of drug-likeness (QED) is 0.677. The molecule has 0 aromatic rings. The Morgan fingerprint density at radius 2 is 2.12 bits per heavy atom. The number of methoxy groups -OCH3 is 1. The molecule has 17 heavy (non-hydrogen) atoms. The van der Waals surface area contributed by atoms with Gasteiger partial charge in [0.15, 0.2) is 0 Å². The van der Waals surface area contributed by atoms with Gasteiger partial charge in [0.25, 0.3) is 0 Å². The van der Waals surface area contributed by atoms with Crippen molar-refractivity contribution < 1.29 is 9.53 Å². The molecule has 4 nitrogen and oxygen atoms in total. The molecule has 0 aromatic heterocycles. The second kappa shape index (κ2) is 6.36. The highest BCUT2D eigenvalue weighted by Crippen LogP contribution is 2.18. The third kappa shape index (κ3) is 6.64. The lowest BCUT2D eigenvalue weighted by molar-refractivity contribution is -0.121. The number of carbonyl (C=O) groups is 1. The first-order valence-corrected chi connectivity index (χ1v) is 6.51. The van der Waals surface area contributed by atoms with Crippen LogP contribution in [0.4, 0.5) is 0 Å². The molecule has 2 N–H and O–H groups in total. The van der Waals surface area contributed by atoms with E-state index >= 15 is 0 Å². The third-order valence-electron chi connectivity index (χ3n) is 3.14. The lowest BCUT2D eigenvalue weighted by Crippen LogP contribution is -2.37. The summed E-state index contributed by atoms with van der Waals surface area (Å²) in [6, 6.07) is 0.825. The molecule has 1 amide bonds. The Morgan fingerprint density at radius 3 is 2.65 bits per heavy atom. The van der Waals surface area contributed by atoms with Crippen LogP contribution in [-0.2, 0) is 9.53 Å². The molecule has 0 aromatic carbocycles. The first kappa shape index (κ1) is 14.5. The lowest BCUT2D eigenvalue weighted by atomic mass is 10.00. The summed E-state index contributed by atoms with van der Waals surface area (Å²) in [4.78, 5) is 11.4. The van der Waals surface area contributed by atoms with Gasteiger partial charge in [0.05, 0.1) is 5.60 Å². The van der Waals surface area contributed by atoms with Gasteiger partial charge in [0, 0.05) is 32.2 Å². The van der Waals surface area contributed by atoms with Crippen LogP contribution >= 0.6 is 0 Å². The zero-order valence-corrected chi connectivity index (χ0v) is 11.5. The standard InChI is InChI=1S/C13H26N2O2/c1-10(9-13(2,3)17-4)14-8-7-12(16)15-11-5-6-11/h10-11,14H,5-9H2,1-4H3,(H,15,16). The second-order valence-corrected chi connectivity index (χ2v) is 5.61. The Kier molecular flexibility index (Phi) is 5.40. The van der Waals surface area contributed by atoms with E-state index in [9.17, 15) is 4.79 Å². The largest absolute Gasteiger partial charge is 0.379 e. The number of amides is 1. The molecule has 100 valence electrons. The molecular formula is C13H26N2O2.